The normalized spacial score (nSPS) is 10.9. The SMILES string of the molecule is Cc1ccccc1-c1cccc([C@H](CC(=O)[O-])NC(=O)Nc2c([O-])cc(C)n(C)c2=O)c1.[Na+].[Na+]. The molecule has 0 saturated heterocycles. The Morgan fingerprint density at radius 2 is 1.71 bits per heavy atom. The van der Waals surface area contributed by atoms with Crippen molar-refractivity contribution in [1.29, 1.82) is 0 Å². The number of amides is 2. The number of rotatable bonds is 6. The minimum Gasteiger partial charge on any atom is -0.871 e. The number of nitrogens with zero attached hydrogens (tertiary/aromatic N) is 1. The van der Waals surface area contributed by atoms with Gasteiger partial charge in [0.25, 0.3) is 5.56 Å². The number of anilines is 1. The molecule has 8 nitrogen and oxygen atoms in total. The molecule has 166 valence electrons. The molecule has 2 amide bonds. The number of aryl methyl sites for hydroxylation is 2. The minimum absolute atomic E-state index is 0. The van der Waals surface area contributed by atoms with Gasteiger partial charge in [-0.25, -0.2) is 4.79 Å². The quantitative estimate of drug-likeness (QED) is 0.347. The molecule has 0 aliphatic carbocycles. The summed E-state index contributed by atoms with van der Waals surface area (Å²) in [5, 5.41) is 28.3. The van der Waals surface area contributed by atoms with E-state index in [4.69, 9.17) is 0 Å². The van der Waals surface area contributed by atoms with Crippen molar-refractivity contribution in [3.05, 3.63) is 81.8 Å². The average molecular weight is 479 g/mol. The molecule has 0 saturated carbocycles. The van der Waals surface area contributed by atoms with E-state index < -0.39 is 41.5 Å². The van der Waals surface area contributed by atoms with E-state index in [9.17, 15) is 24.6 Å². The predicted molar refractivity (Wildman–Crippen MR) is 117 cm³/mol. The third-order valence-corrected chi connectivity index (χ3v) is 5.29. The van der Waals surface area contributed by atoms with Crippen LogP contribution in [0.4, 0.5) is 10.5 Å². The van der Waals surface area contributed by atoms with Crippen molar-refractivity contribution in [3.63, 3.8) is 0 Å². The van der Waals surface area contributed by atoms with Gasteiger partial charge in [0.2, 0.25) is 0 Å². The summed E-state index contributed by atoms with van der Waals surface area (Å²) in [6.45, 7) is 3.57. The number of hydrogen-bond donors (Lipinski definition) is 2. The van der Waals surface area contributed by atoms with Gasteiger partial charge in [-0.05, 0) is 48.2 Å². The molecule has 34 heavy (non-hydrogen) atoms. The molecule has 3 rings (SSSR count). The average Bonchev–Trinajstić information content (AvgIpc) is 2.75. The van der Waals surface area contributed by atoms with Gasteiger partial charge in [-0.3, -0.25) is 4.79 Å². The Labute approximate surface area is 242 Å². The molecule has 0 aliphatic heterocycles. The van der Waals surface area contributed by atoms with Crippen molar-refractivity contribution in [3.8, 4) is 16.9 Å². The van der Waals surface area contributed by atoms with E-state index in [1.54, 1.807) is 25.1 Å². The Hall–Kier alpha value is -2.07. The summed E-state index contributed by atoms with van der Waals surface area (Å²) in [4.78, 5) is 36.2. The van der Waals surface area contributed by atoms with E-state index in [-0.39, 0.29) is 59.1 Å². The van der Waals surface area contributed by atoms with E-state index in [2.05, 4.69) is 10.6 Å². The standard InChI is InChI=1S/C24H25N3O5.2Na/c1-14-7-4-5-10-18(14)16-8-6-9-17(12-16)19(13-21(29)30)25-24(32)26-22-20(28)11-15(2)27(3)23(22)31;;/h4-12,19,28H,13H2,1-3H3,(H,29,30)(H2,25,26,32);;/q;2*+1/p-2/t19-;;/m0../s1. The van der Waals surface area contributed by atoms with E-state index in [1.165, 1.54) is 17.7 Å². The van der Waals surface area contributed by atoms with Crippen molar-refractivity contribution in [2.45, 2.75) is 26.3 Å². The van der Waals surface area contributed by atoms with Crippen molar-refractivity contribution in [1.82, 2.24) is 9.88 Å². The number of carboxylic acids is 1. The maximum absolute atomic E-state index is 12.6. The number of carboxylic acid groups (broad SMARTS) is 1. The Morgan fingerprint density at radius 1 is 1.03 bits per heavy atom. The van der Waals surface area contributed by atoms with Gasteiger partial charge in [0, 0.05) is 25.1 Å². The smallest absolute Gasteiger partial charge is 0.871 e. The number of carbonyl (C=O) groups is 2. The summed E-state index contributed by atoms with van der Waals surface area (Å²) in [6.07, 6.45) is -0.485. The van der Waals surface area contributed by atoms with Crippen LogP contribution in [0.5, 0.6) is 5.75 Å². The van der Waals surface area contributed by atoms with Gasteiger partial charge < -0.3 is 30.2 Å². The molecule has 2 aromatic carbocycles. The molecule has 1 aromatic heterocycles. The van der Waals surface area contributed by atoms with Crippen LogP contribution in [-0.4, -0.2) is 16.6 Å². The first-order valence-electron chi connectivity index (χ1n) is 9.98. The van der Waals surface area contributed by atoms with E-state index in [1.807, 2.05) is 37.3 Å². The second-order valence-electron chi connectivity index (χ2n) is 7.56. The van der Waals surface area contributed by atoms with Gasteiger partial charge in [-0.2, -0.15) is 0 Å². The summed E-state index contributed by atoms with van der Waals surface area (Å²) in [6, 6.07) is 14.3. The fraction of sp³-hybridized carbons (Fsp3) is 0.208. The molecular formula is C24H23N3Na2O5. The molecule has 0 fully saturated rings. The maximum atomic E-state index is 12.6. The van der Waals surface area contributed by atoms with E-state index >= 15 is 0 Å². The van der Waals surface area contributed by atoms with E-state index in [0.29, 0.717) is 11.3 Å². The Bertz CT molecular complexity index is 1240. The number of benzene rings is 2. The second kappa shape index (κ2) is 13.1. The Balaban J connectivity index is 0.00000289. The van der Waals surface area contributed by atoms with Crippen LogP contribution < -0.4 is 85.5 Å². The number of nitrogens with one attached hydrogen (secondary N) is 2. The molecule has 1 heterocycles. The first-order chi connectivity index (χ1) is 15.2. The molecule has 3 aromatic rings. The zero-order valence-electron chi connectivity index (χ0n) is 20.0. The molecule has 1 atom stereocenters. The van der Waals surface area contributed by atoms with Crippen LogP contribution in [0.3, 0.4) is 0 Å². The van der Waals surface area contributed by atoms with Crippen molar-refractivity contribution < 1.29 is 78.9 Å². The minimum atomic E-state index is -1.35. The van der Waals surface area contributed by atoms with Crippen LogP contribution >= 0.6 is 0 Å². The molecule has 0 spiro atoms. The van der Waals surface area contributed by atoms with Gasteiger partial charge in [0.1, 0.15) is 5.69 Å². The first kappa shape index (κ1) is 30.0. The summed E-state index contributed by atoms with van der Waals surface area (Å²) in [7, 11) is 1.48. The first-order valence-corrected chi connectivity index (χ1v) is 9.98. The predicted octanol–water partition coefficient (Wildman–Crippen LogP) is -4.25. The van der Waals surface area contributed by atoms with Gasteiger partial charge >= 0.3 is 65.1 Å². The van der Waals surface area contributed by atoms with Crippen LogP contribution in [0.15, 0.2) is 59.4 Å². The third kappa shape index (κ3) is 7.21. The number of carbonyl (C=O) groups excluding carboxylic acids is 2. The summed E-state index contributed by atoms with van der Waals surface area (Å²) >= 11 is 0. The van der Waals surface area contributed by atoms with Gasteiger partial charge in [0.05, 0.1) is 6.04 Å². The van der Waals surface area contributed by atoms with E-state index in [0.717, 1.165) is 16.7 Å². The van der Waals surface area contributed by atoms with Crippen molar-refractivity contribution in [2.24, 2.45) is 7.05 Å². The topological polar surface area (TPSA) is 126 Å². The zero-order valence-corrected chi connectivity index (χ0v) is 24.0. The second-order valence-corrected chi connectivity index (χ2v) is 7.56. The molecular weight excluding hydrogens is 456 g/mol. The van der Waals surface area contributed by atoms with Crippen LogP contribution in [0, 0.1) is 13.8 Å². The number of aliphatic carboxylic acids is 1. The fourth-order valence-electron chi connectivity index (χ4n) is 3.45. The van der Waals surface area contributed by atoms with Crippen LogP contribution in [0.1, 0.15) is 29.3 Å². The third-order valence-electron chi connectivity index (χ3n) is 5.29. The molecule has 0 unspecified atom stereocenters. The van der Waals surface area contributed by atoms with Crippen LogP contribution in [0.25, 0.3) is 11.1 Å². The van der Waals surface area contributed by atoms with Gasteiger partial charge in [-0.1, -0.05) is 48.2 Å². The number of aromatic nitrogens is 1. The number of hydrogen-bond acceptors (Lipinski definition) is 5. The maximum Gasteiger partial charge on any atom is 1.00 e. The largest absolute Gasteiger partial charge is 1.00 e. The Morgan fingerprint density at radius 3 is 2.35 bits per heavy atom. The van der Waals surface area contributed by atoms with Crippen molar-refractivity contribution in [2.75, 3.05) is 5.32 Å². The Kier molecular flexibility index (Phi) is 11.6. The van der Waals surface area contributed by atoms with Gasteiger partial charge in [-0.15, -0.1) is 0 Å². The number of pyridine rings is 1. The molecule has 0 radical (unpaired) electrons. The zero-order chi connectivity index (χ0) is 23.4. The number of urea groups is 1. The van der Waals surface area contributed by atoms with Crippen LogP contribution in [0.2, 0.25) is 0 Å². The monoisotopic (exact) mass is 479 g/mol. The molecule has 10 heteroatoms. The summed E-state index contributed by atoms with van der Waals surface area (Å²) < 4.78 is 1.24. The summed E-state index contributed by atoms with van der Waals surface area (Å²) in [5.41, 5.74) is 2.83. The molecule has 0 aliphatic rings. The van der Waals surface area contributed by atoms with Gasteiger partial charge in [0.15, 0.2) is 0 Å². The summed E-state index contributed by atoms with van der Waals surface area (Å²) in [5.74, 6) is -1.98. The molecule has 0 bridgehead atoms. The van der Waals surface area contributed by atoms with Crippen molar-refractivity contribution >= 4 is 17.7 Å². The fourth-order valence-corrected chi connectivity index (χ4v) is 3.45. The van der Waals surface area contributed by atoms with Crippen LogP contribution in [-0.2, 0) is 11.8 Å². The molecule has 2 N–H and O–H groups in total.